The number of fused-ring (bicyclic) bond motifs is 1. The van der Waals surface area contributed by atoms with Gasteiger partial charge in [-0.15, -0.1) is 0 Å². The third-order valence-electron chi connectivity index (χ3n) is 4.19. The van der Waals surface area contributed by atoms with Crippen LogP contribution in [0.2, 0.25) is 0 Å². The van der Waals surface area contributed by atoms with Crippen LogP contribution in [0.1, 0.15) is 54.4 Å². The van der Waals surface area contributed by atoms with Gasteiger partial charge in [0.25, 0.3) is 12.3 Å². The topological polar surface area (TPSA) is 56.2 Å². The van der Waals surface area contributed by atoms with Crippen molar-refractivity contribution >= 4 is 5.91 Å². The molecule has 2 heterocycles. The maximum absolute atomic E-state index is 13.5. The second-order valence-corrected chi connectivity index (χ2v) is 6.67. The van der Waals surface area contributed by atoms with Gasteiger partial charge in [0.2, 0.25) is 0 Å². The van der Waals surface area contributed by atoms with Gasteiger partial charge >= 0.3 is 0 Å². The number of rotatable bonds is 5. The average molecular weight is 367 g/mol. The minimum Gasteiger partial charge on any atom is -0.493 e. The Balaban J connectivity index is 1.86. The minimum absolute atomic E-state index is 0.105. The van der Waals surface area contributed by atoms with E-state index < -0.39 is 29.9 Å². The number of halogens is 3. The Labute approximate surface area is 149 Å². The molecule has 0 bridgehead atoms. The lowest BCUT2D eigenvalue weighted by atomic mass is 10.00. The van der Waals surface area contributed by atoms with Gasteiger partial charge in [-0.3, -0.25) is 9.48 Å². The number of ether oxygens (including phenoxy) is 1. The van der Waals surface area contributed by atoms with Crippen LogP contribution in [0.15, 0.2) is 24.4 Å². The monoisotopic (exact) mass is 367 g/mol. The lowest BCUT2D eigenvalue weighted by Crippen LogP contribution is -2.32. The SMILES string of the molecule is CC(C)Cn1ncc(C(=O)NC2CCOc3ccc(F)cc32)c1C(F)F. The van der Waals surface area contributed by atoms with Crippen molar-refractivity contribution < 1.29 is 22.7 Å². The van der Waals surface area contributed by atoms with Crippen LogP contribution in [0.4, 0.5) is 13.2 Å². The molecule has 1 aliphatic rings. The van der Waals surface area contributed by atoms with Crippen molar-refractivity contribution in [1.82, 2.24) is 15.1 Å². The first-order valence-electron chi connectivity index (χ1n) is 8.43. The highest BCUT2D eigenvalue weighted by atomic mass is 19.3. The van der Waals surface area contributed by atoms with Crippen molar-refractivity contribution in [3.8, 4) is 5.75 Å². The normalized spacial score (nSPS) is 16.5. The standard InChI is InChI=1S/C18H20F3N3O2/c1-10(2)9-24-16(17(20)21)13(8-22-24)18(25)23-14-5-6-26-15-4-3-11(19)7-12(14)15/h3-4,7-8,10,14,17H,5-6,9H2,1-2H3,(H,23,25). The predicted molar refractivity (Wildman–Crippen MR) is 88.7 cm³/mol. The van der Waals surface area contributed by atoms with Gasteiger partial charge in [0.05, 0.1) is 24.4 Å². The zero-order chi connectivity index (χ0) is 18.8. The second-order valence-electron chi connectivity index (χ2n) is 6.67. The minimum atomic E-state index is -2.82. The molecule has 1 aromatic heterocycles. The molecule has 1 unspecified atom stereocenters. The van der Waals surface area contributed by atoms with E-state index >= 15 is 0 Å². The Hall–Kier alpha value is -2.51. The molecule has 1 atom stereocenters. The van der Waals surface area contributed by atoms with Gasteiger partial charge in [-0.05, 0) is 24.1 Å². The Morgan fingerprint density at radius 2 is 2.19 bits per heavy atom. The molecular formula is C18H20F3N3O2. The lowest BCUT2D eigenvalue weighted by Gasteiger charge is -2.26. The Kier molecular flexibility index (Phi) is 5.20. The molecule has 0 saturated carbocycles. The number of nitrogens with one attached hydrogen (secondary N) is 1. The van der Waals surface area contributed by atoms with Crippen molar-refractivity contribution in [2.24, 2.45) is 5.92 Å². The summed E-state index contributed by atoms with van der Waals surface area (Å²) >= 11 is 0. The van der Waals surface area contributed by atoms with Crippen molar-refractivity contribution in [2.45, 2.75) is 39.3 Å². The van der Waals surface area contributed by atoms with Crippen LogP contribution in [0.25, 0.3) is 0 Å². The summed E-state index contributed by atoms with van der Waals surface area (Å²) in [4.78, 5) is 12.6. The van der Waals surface area contributed by atoms with E-state index in [0.29, 0.717) is 24.3 Å². The van der Waals surface area contributed by atoms with Gasteiger partial charge in [-0.1, -0.05) is 13.8 Å². The van der Waals surface area contributed by atoms with E-state index in [0.717, 1.165) is 6.20 Å². The fraction of sp³-hybridized carbons (Fsp3) is 0.444. The van der Waals surface area contributed by atoms with Gasteiger partial charge in [0.15, 0.2) is 0 Å². The van der Waals surface area contributed by atoms with E-state index in [1.807, 2.05) is 13.8 Å². The fourth-order valence-corrected chi connectivity index (χ4v) is 3.04. The summed E-state index contributed by atoms with van der Waals surface area (Å²) in [5.41, 5.74) is -0.0643. The summed E-state index contributed by atoms with van der Waals surface area (Å²) in [7, 11) is 0. The van der Waals surface area contributed by atoms with Crippen LogP contribution in [0.3, 0.4) is 0 Å². The highest BCUT2D eigenvalue weighted by molar-refractivity contribution is 5.95. The molecule has 0 radical (unpaired) electrons. The van der Waals surface area contributed by atoms with E-state index in [9.17, 15) is 18.0 Å². The van der Waals surface area contributed by atoms with Crippen LogP contribution in [0.5, 0.6) is 5.75 Å². The van der Waals surface area contributed by atoms with E-state index in [1.165, 1.54) is 22.9 Å². The summed E-state index contributed by atoms with van der Waals surface area (Å²) < 4.78 is 47.1. The third-order valence-corrected chi connectivity index (χ3v) is 4.19. The van der Waals surface area contributed by atoms with Crippen LogP contribution in [0, 0.1) is 11.7 Å². The molecule has 0 fully saturated rings. The maximum atomic E-state index is 13.5. The molecule has 140 valence electrons. The number of benzene rings is 1. The molecule has 3 rings (SSSR count). The molecule has 5 nitrogen and oxygen atoms in total. The van der Waals surface area contributed by atoms with Gasteiger partial charge in [0.1, 0.15) is 17.3 Å². The lowest BCUT2D eigenvalue weighted by molar-refractivity contribution is 0.0906. The zero-order valence-electron chi connectivity index (χ0n) is 14.5. The number of alkyl halides is 2. The van der Waals surface area contributed by atoms with Gasteiger partial charge in [-0.2, -0.15) is 5.10 Å². The van der Waals surface area contributed by atoms with Crippen molar-refractivity contribution in [1.29, 1.82) is 0 Å². The molecule has 1 aromatic carbocycles. The first-order valence-corrected chi connectivity index (χ1v) is 8.43. The smallest absolute Gasteiger partial charge is 0.280 e. The molecule has 2 aromatic rings. The highest BCUT2D eigenvalue weighted by Gasteiger charge is 2.29. The molecule has 0 spiro atoms. The van der Waals surface area contributed by atoms with E-state index in [2.05, 4.69) is 10.4 Å². The quantitative estimate of drug-likeness (QED) is 0.873. The van der Waals surface area contributed by atoms with Gasteiger partial charge in [-0.25, -0.2) is 13.2 Å². The average Bonchev–Trinajstić information content (AvgIpc) is 2.98. The second kappa shape index (κ2) is 7.39. The van der Waals surface area contributed by atoms with E-state index in [-0.39, 0.29) is 18.0 Å². The number of amides is 1. The number of hydrogen-bond acceptors (Lipinski definition) is 3. The van der Waals surface area contributed by atoms with Crippen LogP contribution < -0.4 is 10.1 Å². The number of carbonyl (C=O) groups excluding carboxylic acids is 1. The van der Waals surface area contributed by atoms with E-state index in [1.54, 1.807) is 0 Å². The molecule has 26 heavy (non-hydrogen) atoms. The van der Waals surface area contributed by atoms with Crippen LogP contribution in [-0.2, 0) is 6.54 Å². The molecule has 1 aliphatic heterocycles. The van der Waals surface area contributed by atoms with Gasteiger partial charge in [0, 0.05) is 18.5 Å². The molecule has 0 saturated heterocycles. The number of hydrogen-bond donors (Lipinski definition) is 1. The summed E-state index contributed by atoms with van der Waals surface area (Å²) in [5, 5.41) is 6.65. The maximum Gasteiger partial charge on any atom is 0.280 e. The first-order chi connectivity index (χ1) is 12.4. The number of aromatic nitrogens is 2. The van der Waals surface area contributed by atoms with Crippen molar-refractivity contribution in [3.05, 3.63) is 47.0 Å². The fourth-order valence-electron chi connectivity index (χ4n) is 3.04. The van der Waals surface area contributed by atoms with Gasteiger partial charge < -0.3 is 10.1 Å². The highest BCUT2D eigenvalue weighted by Crippen LogP contribution is 2.33. The third kappa shape index (κ3) is 3.68. The first kappa shape index (κ1) is 18.3. The largest absolute Gasteiger partial charge is 0.493 e. The number of nitrogens with zero attached hydrogens (tertiary/aromatic N) is 2. The molecule has 1 N–H and O–H groups in total. The Bertz CT molecular complexity index is 805. The number of carbonyl (C=O) groups is 1. The molecular weight excluding hydrogens is 347 g/mol. The summed E-state index contributed by atoms with van der Waals surface area (Å²) in [6.45, 7) is 4.39. The van der Waals surface area contributed by atoms with Crippen molar-refractivity contribution in [3.63, 3.8) is 0 Å². The van der Waals surface area contributed by atoms with Crippen molar-refractivity contribution in [2.75, 3.05) is 6.61 Å². The van der Waals surface area contributed by atoms with E-state index in [4.69, 9.17) is 4.74 Å². The van der Waals surface area contributed by atoms with Crippen LogP contribution in [-0.4, -0.2) is 22.3 Å². The van der Waals surface area contributed by atoms with Crippen LogP contribution >= 0.6 is 0 Å². The molecule has 8 heteroatoms. The molecule has 1 amide bonds. The molecule has 0 aliphatic carbocycles. The zero-order valence-corrected chi connectivity index (χ0v) is 14.5. The summed E-state index contributed by atoms with van der Waals surface area (Å²) in [6.07, 6.45) is -1.24. The Morgan fingerprint density at radius 1 is 1.42 bits per heavy atom. The predicted octanol–water partition coefficient (Wildman–Crippen LogP) is 3.87. The summed E-state index contributed by atoms with van der Waals surface area (Å²) in [5.74, 6) is -0.523. The summed E-state index contributed by atoms with van der Waals surface area (Å²) in [6, 6.07) is 3.54. The Morgan fingerprint density at radius 3 is 2.88 bits per heavy atom.